The molecule has 3 atom stereocenters. The normalized spacial score (nSPS) is 14.0. The second-order valence-electron chi connectivity index (χ2n) is 22.2. The van der Waals surface area contributed by atoms with Crippen LogP contribution in [0.25, 0.3) is 0 Å². The lowest BCUT2D eigenvalue weighted by Gasteiger charge is -2.27. The summed E-state index contributed by atoms with van der Waals surface area (Å²) in [4.78, 5) is 37.7. The Kier molecular flexibility index (Phi) is 51.9. The number of phosphoric acid groups is 1. The number of ether oxygens (including phenoxy) is 1. The van der Waals surface area contributed by atoms with Crippen LogP contribution in [0.1, 0.15) is 290 Å². The van der Waals surface area contributed by atoms with Crippen LogP contribution in [0.2, 0.25) is 0 Å². The third-order valence-electron chi connectivity index (χ3n) is 13.7. The van der Waals surface area contributed by atoms with E-state index in [0.717, 1.165) is 70.6 Å². The molecule has 2 N–H and O–H groups in total. The highest BCUT2D eigenvalue weighted by atomic mass is 31.2. The predicted octanol–water partition coefficient (Wildman–Crippen LogP) is 18.9. The molecule has 0 heterocycles. The van der Waals surface area contributed by atoms with E-state index in [9.17, 15) is 19.0 Å². The molecule has 0 saturated heterocycles. The first-order valence-corrected chi connectivity index (χ1v) is 32.5. The van der Waals surface area contributed by atoms with Gasteiger partial charge in [-0.2, -0.15) is 0 Å². The molecule has 0 aliphatic heterocycles. The van der Waals surface area contributed by atoms with Crippen LogP contribution in [0, 0.1) is 0 Å². The molecule has 10 heteroatoms. The van der Waals surface area contributed by atoms with Gasteiger partial charge in [0.1, 0.15) is 19.3 Å². The molecule has 0 aromatic heterocycles. The van der Waals surface area contributed by atoms with Crippen LogP contribution < -0.4 is 5.32 Å². The van der Waals surface area contributed by atoms with Crippen molar-refractivity contribution in [2.75, 3.05) is 40.9 Å². The number of nitrogens with one attached hydrogen (secondary N) is 1. The fourth-order valence-corrected chi connectivity index (χ4v) is 9.64. The number of amides is 1. The smallest absolute Gasteiger partial charge is 0.456 e. The van der Waals surface area contributed by atoms with E-state index in [0.29, 0.717) is 23.9 Å². The lowest BCUT2D eigenvalue weighted by atomic mass is 10.0. The second-order valence-corrected chi connectivity index (χ2v) is 23.7. The topological polar surface area (TPSA) is 111 Å². The van der Waals surface area contributed by atoms with Crippen molar-refractivity contribution < 1.29 is 37.3 Å². The average Bonchev–Trinajstić information content (AvgIpc) is 3.35. The highest BCUT2D eigenvalue weighted by Crippen LogP contribution is 2.43. The number of quaternary nitrogens is 1. The molecule has 0 aliphatic carbocycles. The zero-order chi connectivity index (χ0) is 53.6. The zero-order valence-corrected chi connectivity index (χ0v) is 49.8. The third kappa shape index (κ3) is 54.6. The van der Waals surface area contributed by atoms with Crippen molar-refractivity contribution in [2.45, 2.75) is 303 Å². The van der Waals surface area contributed by atoms with E-state index < -0.39 is 20.0 Å². The van der Waals surface area contributed by atoms with Gasteiger partial charge in [-0.15, -0.1) is 0 Å². The summed E-state index contributed by atoms with van der Waals surface area (Å²) in [5.74, 6) is -0.518. The second kappa shape index (κ2) is 53.4. The molecule has 1 amide bonds. The molecule has 0 saturated carbocycles. The van der Waals surface area contributed by atoms with Crippen LogP contribution in [0.15, 0.2) is 48.6 Å². The maximum atomic E-state index is 13.5. The lowest BCUT2D eigenvalue weighted by molar-refractivity contribution is -0.870. The monoisotopic (exact) mass is 1050 g/mol. The number of nitrogens with zero attached hydrogens (tertiary/aromatic N) is 1. The molecule has 0 spiro atoms. The number of unbranched alkanes of at least 4 members (excludes halogenated alkanes) is 34. The van der Waals surface area contributed by atoms with Crippen LogP contribution in [0.3, 0.4) is 0 Å². The molecule has 0 bridgehead atoms. The maximum absolute atomic E-state index is 13.5. The van der Waals surface area contributed by atoms with Gasteiger partial charge in [0, 0.05) is 12.8 Å². The summed E-state index contributed by atoms with van der Waals surface area (Å²) in [6, 6.07) is -0.854. The minimum Gasteiger partial charge on any atom is -0.456 e. The number of rotatable bonds is 56. The van der Waals surface area contributed by atoms with Gasteiger partial charge in [-0.25, -0.2) is 4.57 Å². The van der Waals surface area contributed by atoms with E-state index in [1.54, 1.807) is 0 Å². The molecule has 0 aromatic rings. The molecule has 73 heavy (non-hydrogen) atoms. The summed E-state index contributed by atoms with van der Waals surface area (Å²) in [5, 5.41) is 3.05. The fourth-order valence-electron chi connectivity index (χ4n) is 8.91. The van der Waals surface area contributed by atoms with Crippen molar-refractivity contribution in [1.29, 1.82) is 0 Å². The number of esters is 1. The molecule has 0 aliphatic rings. The largest absolute Gasteiger partial charge is 0.472 e. The van der Waals surface area contributed by atoms with Gasteiger partial charge >= 0.3 is 13.8 Å². The van der Waals surface area contributed by atoms with Crippen molar-refractivity contribution in [3.8, 4) is 0 Å². The number of likely N-dealkylation sites (N-methyl/N-ethyl adjacent to an activating group) is 1. The SMILES string of the molecule is CCCCC/C=C\C/C=C\CCCCCCCCCCCCCC(=O)NC(COP(=O)(O)OCC[N+](C)(C)C)C(/C=C\CCCCCCCCCCCCC)OC(=O)CCCCC/C=C\CCCCCCCC. The highest BCUT2D eigenvalue weighted by molar-refractivity contribution is 7.47. The van der Waals surface area contributed by atoms with E-state index in [1.165, 1.54) is 180 Å². The van der Waals surface area contributed by atoms with Crippen LogP contribution in [0.5, 0.6) is 0 Å². The van der Waals surface area contributed by atoms with E-state index in [4.69, 9.17) is 13.8 Å². The third-order valence-corrected chi connectivity index (χ3v) is 14.7. The summed E-state index contributed by atoms with van der Waals surface area (Å²) in [5.41, 5.74) is 0. The Hall–Kier alpha value is -2.03. The molecule has 0 aromatic carbocycles. The number of allylic oxidation sites excluding steroid dienone is 7. The molecular weight excluding hydrogens is 928 g/mol. The highest BCUT2D eigenvalue weighted by Gasteiger charge is 2.30. The number of carbonyl (C=O) groups excluding carboxylic acids is 2. The standard InChI is InChI=1S/C63H119N2O7P/c1-7-10-13-16-19-22-25-28-29-30-31-32-33-34-35-38-40-43-46-49-52-55-62(66)64-60(59-71-73(68,69)70-58-57-65(4,5)6)61(54-51-48-45-42-39-36-26-23-20-17-14-11-8-2)72-63(67)56-53-50-47-44-41-37-27-24-21-18-15-12-9-3/h19,22,28-29,37,41,51,54,60-61H,7-18,20-21,23-27,30-36,38-40,42-50,52-53,55-59H2,1-6H3,(H-,64,66,68,69)/p+1/b22-19-,29-28-,41-37-,54-51-. The molecule has 3 unspecified atom stereocenters. The first kappa shape index (κ1) is 71.0. The Morgan fingerprint density at radius 2 is 0.836 bits per heavy atom. The predicted molar refractivity (Wildman–Crippen MR) is 314 cm³/mol. The van der Waals surface area contributed by atoms with Crippen molar-refractivity contribution >= 4 is 19.7 Å². The van der Waals surface area contributed by atoms with E-state index in [1.807, 2.05) is 33.3 Å². The molecule has 0 fully saturated rings. The lowest BCUT2D eigenvalue weighted by Crippen LogP contribution is -2.47. The molecule has 9 nitrogen and oxygen atoms in total. The van der Waals surface area contributed by atoms with Gasteiger partial charge in [0.2, 0.25) is 5.91 Å². The first-order chi connectivity index (χ1) is 35.4. The summed E-state index contributed by atoms with van der Waals surface area (Å²) >= 11 is 0. The van der Waals surface area contributed by atoms with Crippen LogP contribution in [0.4, 0.5) is 0 Å². The summed E-state index contributed by atoms with van der Waals surface area (Å²) in [7, 11) is 1.49. The van der Waals surface area contributed by atoms with E-state index in [2.05, 4.69) is 62.5 Å². The summed E-state index contributed by atoms with van der Waals surface area (Å²) < 4.78 is 30.7. The van der Waals surface area contributed by atoms with E-state index >= 15 is 0 Å². The minimum atomic E-state index is -4.45. The summed E-state index contributed by atoms with van der Waals surface area (Å²) in [6.45, 7) is 6.99. The van der Waals surface area contributed by atoms with Gasteiger partial charge < -0.3 is 19.4 Å². The molecule has 0 rings (SSSR count). The van der Waals surface area contributed by atoms with Gasteiger partial charge in [-0.05, 0) is 89.5 Å². The number of hydrogen-bond donors (Lipinski definition) is 2. The van der Waals surface area contributed by atoms with Crippen LogP contribution >= 0.6 is 7.82 Å². The number of carbonyl (C=O) groups is 2. The number of hydrogen-bond acceptors (Lipinski definition) is 6. The van der Waals surface area contributed by atoms with E-state index in [-0.39, 0.29) is 31.5 Å². The van der Waals surface area contributed by atoms with Gasteiger partial charge in [0.25, 0.3) is 0 Å². The van der Waals surface area contributed by atoms with Crippen molar-refractivity contribution in [3.63, 3.8) is 0 Å². The first-order valence-electron chi connectivity index (χ1n) is 31.0. The number of phosphoric ester groups is 1. The van der Waals surface area contributed by atoms with Gasteiger partial charge in [0.15, 0.2) is 0 Å². The Labute approximate surface area is 452 Å². The van der Waals surface area contributed by atoms with Gasteiger partial charge in [0.05, 0.1) is 33.8 Å². The van der Waals surface area contributed by atoms with Crippen molar-refractivity contribution in [1.82, 2.24) is 5.32 Å². The quantitative estimate of drug-likeness (QED) is 0.0205. The Balaban J connectivity index is 5.24. The van der Waals surface area contributed by atoms with Crippen molar-refractivity contribution in [2.24, 2.45) is 0 Å². The molecular formula is C63H120N2O7P+. The van der Waals surface area contributed by atoms with Gasteiger partial charge in [-0.3, -0.25) is 18.6 Å². The van der Waals surface area contributed by atoms with Gasteiger partial charge in [-0.1, -0.05) is 237 Å². The Morgan fingerprint density at radius 3 is 1.29 bits per heavy atom. The Bertz CT molecular complexity index is 1390. The minimum absolute atomic E-state index is 0.0381. The van der Waals surface area contributed by atoms with Crippen LogP contribution in [-0.2, 0) is 27.9 Å². The molecule has 428 valence electrons. The van der Waals surface area contributed by atoms with Crippen LogP contribution in [-0.4, -0.2) is 74.3 Å². The van der Waals surface area contributed by atoms with Crippen molar-refractivity contribution in [3.05, 3.63) is 48.6 Å². The fraction of sp³-hybridized carbons (Fsp3) is 0.841. The molecule has 0 radical (unpaired) electrons. The average molecular weight is 1050 g/mol. The zero-order valence-electron chi connectivity index (χ0n) is 48.9. The maximum Gasteiger partial charge on any atom is 0.472 e. The summed E-state index contributed by atoms with van der Waals surface area (Å²) in [6.07, 6.45) is 65.3. The Morgan fingerprint density at radius 1 is 0.479 bits per heavy atom.